The molecular weight excluding hydrogens is 250 g/mol. The van der Waals surface area contributed by atoms with Crippen LogP contribution < -0.4 is 11.1 Å². The molecule has 2 unspecified atom stereocenters. The Labute approximate surface area is 123 Å². The summed E-state index contributed by atoms with van der Waals surface area (Å²) in [4.78, 5) is 14.6. The molecule has 0 aromatic rings. The Bertz CT molecular complexity index is 326. The third-order valence-electron chi connectivity index (χ3n) is 4.93. The number of amides is 1. The van der Waals surface area contributed by atoms with Gasteiger partial charge >= 0.3 is 0 Å². The second-order valence-corrected chi connectivity index (χ2v) is 6.67. The summed E-state index contributed by atoms with van der Waals surface area (Å²) < 4.78 is 0. The van der Waals surface area contributed by atoms with Gasteiger partial charge in [-0.2, -0.15) is 0 Å². The van der Waals surface area contributed by atoms with Crippen molar-refractivity contribution in [2.24, 2.45) is 11.7 Å². The van der Waals surface area contributed by atoms with Gasteiger partial charge in [-0.1, -0.05) is 13.8 Å². The number of nitrogens with zero attached hydrogens (tertiary/aromatic N) is 1. The van der Waals surface area contributed by atoms with Crippen molar-refractivity contribution >= 4 is 5.91 Å². The van der Waals surface area contributed by atoms with Gasteiger partial charge in [0.15, 0.2) is 0 Å². The normalized spacial score (nSPS) is 30.6. The second-order valence-electron chi connectivity index (χ2n) is 6.67. The Kier molecular flexibility index (Phi) is 5.44. The van der Waals surface area contributed by atoms with E-state index in [9.17, 15) is 4.79 Å². The number of nitrogens with two attached hydrogens (primary N) is 1. The first-order valence-corrected chi connectivity index (χ1v) is 8.40. The van der Waals surface area contributed by atoms with E-state index < -0.39 is 5.54 Å². The molecule has 0 bridgehead atoms. The van der Waals surface area contributed by atoms with Crippen molar-refractivity contribution in [2.75, 3.05) is 19.6 Å². The quantitative estimate of drug-likeness (QED) is 0.714. The molecule has 0 heterocycles. The minimum absolute atomic E-state index is 0.160. The Balaban J connectivity index is 2.03. The largest absolute Gasteiger partial charge is 0.368 e. The Morgan fingerprint density at radius 1 is 1.35 bits per heavy atom. The van der Waals surface area contributed by atoms with Gasteiger partial charge in [-0.15, -0.1) is 0 Å². The molecule has 2 fully saturated rings. The molecule has 20 heavy (non-hydrogen) atoms. The molecule has 0 aromatic heterocycles. The van der Waals surface area contributed by atoms with Gasteiger partial charge in [-0.3, -0.25) is 4.79 Å². The molecule has 0 aliphatic heterocycles. The van der Waals surface area contributed by atoms with Crippen LogP contribution in [0.2, 0.25) is 0 Å². The average Bonchev–Trinajstić information content (AvgIpc) is 3.23. The summed E-state index contributed by atoms with van der Waals surface area (Å²) in [6.07, 6.45) is 8.08. The SMILES string of the molecule is CCCN(CC1CC1)C1CCCC(NCC)(C(N)=O)C1. The van der Waals surface area contributed by atoms with Crippen LogP contribution in [0.1, 0.15) is 58.8 Å². The van der Waals surface area contributed by atoms with Crippen LogP contribution >= 0.6 is 0 Å². The zero-order chi connectivity index (χ0) is 14.6. The highest BCUT2D eigenvalue weighted by atomic mass is 16.1. The van der Waals surface area contributed by atoms with Crippen LogP contribution in [0.5, 0.6) is 0 Å². The summed E-state index contributed by atoms with van der Waals surface area (Å²) in [5.41, 5.74) is 5.25. The highest BCUT2D eigenvalue weighted by molar-refractivity contribution is 5.84. The fourth-order valence-electron chi connectivity index (χ4n) is 3.71. The molecule has 0 saturated heterocycles. The summed E-state index contributed by atoms with van der Waals surface area (Å²) in [6, 6.07) is 0.524. The van der Waals surface area contributed by atoms with Crippen LogP contribution in [-0.4, -0.2) is 42.0 Å². The minimum Gasteiger partial charge on any atom is -0.368 e. The lowest BCUT2D eigenvalue weighted by Crippen LogP contribution is -2.60. The number of hydrogen-bond donors (Lipinski definition) is 2. The van der Waals surface area contributed by atoms with E-state index in [-0.39, 0.29) is 5.91 Å². The molecule has 2 atom stereocenters. The Hall–Kier alpha value is -0.610. The van der Waals surface area contributed by atoms with Crippen molar-refractivity contribution in [2.45, 2.75) is 70.4 Å². The van der Waals surface area contributed by atoms with Gasteiger partial charge < -0.3 is 16.0 Å². The van der Waals surface area contributed by atoms with Crippen molar-refractivity contribution in [3.05, 3.63) is 0 Å². The number of rotatable bonds is 8. The molecule has 2 saturated carbocycles. The minimum atomic E-state index is -0.465. The zero-order valence-electron chi connectivity index (χ0n) is 13.2. The number of nitrogens with one attached hydrogen (secondary N) is 1. The van der Waals surface area contributed by atoms with Crippen molar-refractivity contribution in [1.29, 1.82) is 0 Å². The van der Waals surface area contributed by atoms with E-state index >= 15 is 0 Å². The van der Waals surface area contributed by atoms with E-state index in [4.69, 9.17) is 5.73 Å². The van der Waals surface area contributed by atoms with Gasteiger partial charge in [0.1, 0.15) is 0 Å². The number of likely N-dealkylation sites (N-methyl/N-ethyl adjacent to an activating group) is 1. The predicted octanol–water partition coefficient (Wildman–Crippen LogP) is 1.88. The molecule has 2 aliphatic rings. The van der Waals surface area contributed by atoms with Gasteiger partial charge in [0.05, 0.1) is 5.54 Å². The monoisotopic (exact) mass is 281 g/mol. The zero-order valence-corrected chi connectivity index (χ0v) is 13.2. The Morgan fingerprint density at radius 2 is 2.10 bits per heavy atom. The van der Waals surface area contributed by atoms with Crippen LogP contribution in [0.3, 0.4) is 0 Å². The maximum absolute atomic E-state index is 12.0. The van der Waals surface area contributed by atoms with Crippen molar-refractivity contribution < 1.29 is 4.79 Å². The predicted molar refractivity (Wildman–Crippen MR) is 82.4 cm³/mol. The van der Waals surface area contributed by atoms with Gasteiger partial charge in [-0.25, -0.2) is 0 Å². The van der Waals surface area contributed by atoms with Crippen LogP contribution in [0, 0.1) is 5.92 Å². The molecular formula is C16H31N3O. The molecule has 2 aliphatic carbocycles. The summed E-state index contributed by atoms with van der Waals surface area (Å²) in [5.74, 6) is 0.748. The van der Waals surface area contributed by atoms with Crippen LogP contribution in [0.25, 0.3) is 0 Å². The topological polar surface area (TPSA) is 58.4 Å². The molecule has 4 heteroatoms. The lowest BCUT2D eigenvalue weighted by Gasteiger charge is -2.43. The van der Waals surface area contributed by atoms with Crippen molar-refractivity contribution in [1.82, 2.24) is 10.2 Å². The van der Waals surface area contributed by atoms with E-state index in [2.05, 4.69) is 24.1 Å². The fourth-order valence-corrected chi connectivity index (χ4v) is 3.71. The fraction of sp³-hybridized carbons (Fsp3) is 0.938. The van der Waals surface area contributed by atoms with Crippen LogP contribution in [0.15, 0.2) is 0 Å². The van der Waals surface area contributed by atoms with E-state index in [0.29, 0.717) is 6.04 Å². The van der Waals surface area contributed by atoms with Crippen molar-refractivity contribution in [3.63, 3.8) is 0 Å². The lowest BCUT2D eigenvalue weighted by molar-refractivity contribution is -0.126. The third kappa shape index (κ3) is 3.73. The summed E-state index contributed by atoms with van der Waals surface area (Å²) in [6.45, 7) is 7.49. The Morgan fingerprint density at radius 3 is 2.65 bits per heavy atom. The number of carbonyl (C=O) groups excluding carboxylic acids is 1. The summed E-state index contributed by atoms with van der Waals surface area (Å²) in [5, 5.41) is 3.39. The molecule has 1 amide bonds. The standard InChI is InChI=1S/C16H31N3O/c1-3-10-19(12-13-7-8-13)14-6-5-9-16(11-14,15(17)20)18-4-2/h13-14,18H,3-12H2,1-2H3,(H2,17,20). The number of primary amides is 1. The lowest BCUT2D eigenvalue weighted by atomic mass is 9.77. The second kappa shape index (κ2) is 6.90. The molecule has 4 nitrogen and oxygen atoms in total. The first kappa shape index (κ1) is 15.8. The van der Waals surface area contributed by atoms with Crippen LogP contribution in [0.4, 0.5) is 0 Å². The highest BCUT2D eigenvalue weighted by Gasteiger charge is 2.42. The molecule has 0 spiro atoms. The molecule has 2 rings (SSSR count). The molecule has 0 radical (unpaired) electrons. The number of hydrogen-bond acceptors (Lipinski definition) is 3. The van der Waals surface area contributed by atoms with Crippen LogP contribution in [-0.2, 0) is 4.79 Å². The molecule has 116 valence electrons. The van der Waals surface area contributed by atoms with E-state index in [0.717, 1.165) is 38.3 Å². The van der Waals surface area contributed by atoms with E-state index in [1.807, 2.05) is 0 Å². The molecule has 0 aromatic carbocycles. The summed E-state index contributed by atoms with van der Waals surface area (Å²) in [7, 11) is 0. The smallest absolute Gasteiger partial charge is 0.237 e. The van der Waals surface area contributed by atoms with Gasteiger partial charge in [-0.05, 0) is 64.0 Å². The van der Waals surface area contributed by atoms with E-state index in [1.165, 1.54) is 32.2 Å². The van der Waals surface area contributed by atoms with Gasteiger partial charge in [0, 0.05) is 12.6 Å². The van der Waals surface area contributed by atoms with Crippen molar-refractivity contribution in [3.8, 4) is 0 Å². The highest BCUT2D eigenvalue weighted by Crippen LogP contribution is 2.35. The maximum Gasteiger partial charge on any atom is 0.237 e. The first-order chi connectivity index (χ1) is 9.61. The third-order valence-corrected chi connectivity index (χ3v) is 4.93. The van der Waals surface area contributed by atoms with Gasteiger partial charge in [0.25, 0.3) is 0 Å². The first-order valence-electron chi connectivity index (χ1n) is 8.40. The van der Waals surface area contributed by atoms with E-state index in [1.54, 1.807) is 0 Å². The van der Waals surface area contributed by atoms with Gasteiger partial charge in [0.2, 0.25) is 5.91 Å². The average molecular weight is 281 g/mol. The molecule has 3 N–H and O–H groups in total. The maximum atomic E-state index is 12.0. The summed E-state index contributed by atoms with van der Waals surface area (Å²) >= 11 is 0. The number of carbonyl (C=O) groups is 1.